The van der Waals surface area contributed by atoms with Crippen LogP contribution in [0.25, 0.3) is 16.9 Å². The molecule has 1 aromatic carbocycles. The third kappa shape index (κ3) is 2.23. The van der Waals surface area contributed by atoms with Crippen molar-refractivity contribution in [3.63, 3.8) is 0 Å². The van der Waals surface area contributed by atoms with E-state index in [1.807, 2.05) is 43.3 Å². The third-order valence-electron chi connectivity index (χ3n) is 3.24. The molecule has 0 saturated heterocycles. The lowest BCUT2D eigenvalue weighted by atomic mass is 10.1. The zero-order chi connectivity index (χ0) is 14.8. The summed E-state index contributed by atoms with van der Waals surface area (Å²) in [5.74, 6) is 0.407. The van der Waals surface area contributed by atoms with Crippen LogP contribution in [-0.4, -0.2) is 14.8 Å². The molecule has 0 aliphatic rings. The first kappa shape index (κ1) is 12.9. The van der Waals surface area contributed by atoms with E-state index in [1.54, 1.807) is 12.1 Å². The summed E-state index contributed by atoms with van der Waals surface area (Å²) in [4.78, 5) is 16.7. The summed E-state index contributed by atoms with van der Waals surface area (Å²) in [7, 11) is 0. The predicted octanol–water partition coefficient (Wildman–Crippen LogP) is 2.41. The SMILES string of the molecule is Cc1[nH]n(-c2cc(C#N)ccn2)c(=O)c1-c1ccccc1. The van der Waals surface area contributed by atoms with E-state index in [9.17, 15) is 4.79 Å². The van der Waals surface area contributed by atoms with Crippen molar-refractivity contribution in [3.8, 4) is 23.0 Å². The lowest BCUT2D eigenvalue weighted by molar-refractivity contribution is 0.807. The maximum absolute atomic E-state index is 12.6. The number of hydrogen-bond acceptors (Lipinski definition) is 3. The minimum absolute atomic E-state index is 0.179. The molecule has 5 nitrogen and oxygen atoms in total. The number of rotatable bonds is 2. The van der Waals surface area contributed by atoms with Crippen LogP contribution < -0.4 is 5.56 Å². The molecule has 5 heteroatoms. The third-order valence-corrected chi connectivity index (χ3v) is 3.24. The Balaban J connectivity index is 2.19. The molecule has 21 heavy (non-hydrogen) atoms. The number of pyridine rings is 1. The van der Waals surface area contributed by atoms with Gasteiger partial charge in [0.15, 0.2) is 5.82 Å². The number of nitriles is 1. The van der Waals surface area contributed by atoms with Gasteiger partial charge >= 0.3 is 0 Å². The van der Waals surface area contributed by atoms with E-state index in [4.69, 9.17) is 5.26 Å². The second-order valence-electron chi connectivity index (χ2n) is 4.63. The van der Waals surface area contributed by atoms with Crippen molar-refractivity contribution in [1.29, 1.82) is 5.26 Å². The van der Waals surface area contributed by atoms with E-state index >= 15 is 0 Å². The Morgan fingerprint density at radius 2 is 2.00 bits per heavy atom. The molecule has 0 aliphatic heterocycles. The van der Waals surface area contributed by atoms with Crippen molar-refractivity contribution >= 4 is 0 Å². The number of hydrogen-bond donors (Lipinski definition) is 1. The van der Waals surface area contributed by atoms with Gasteiger partial charge in [-0.15, -0.1) is 0 Å². The Hall–Kier alpha value is -3.13. The van der Waals surface area contributed by atoms with E-state index in [0.29, 0.717) is 16.9 Å². The number of nitrogens with one attached hydrogen (secondary N) is 1. The number of aromatic nitrogens is 3. The van der Waals surface area contributed by atoms with E-state index in [1.165, 1.54) is 10.9 Å². The average molecular weight is 276 g/mol. The van der Waals surface area contributed by atoms with Crippen LogP contribution >= 0.6 is 0 Å². The van der Waals surface area contributed by atoms with Gasteiger partial charge in [-0.3, -0.25) is 9.89 Å². The number of H-pyrrole nitrogens is 1. The highest BCUT2D eigenvalue weighted by molar-refractivity contribution is 5.65. The van der Waals surface area contributed by atoms with Crippen LogP contribution in [0, 0.1) is 18.3 Å². The second kappa shape index (κ2) is 5.10. The minimum Gasteiger partial charge on any atom is -0.293 e. The molecule has 102 valence electrons. The fraction of sp³-hybridized carbons (Fsp3) is 0.0625. The first-order valence-electron chi connectivity index (χ1n) is 6.44. The standard InChI is InChI=1S/C16H12N4O/c1-11-15(13-5-3-2-4-6-13)16(21)20(19-11)14-9-12(10-17)7-8-18-14/h2-9,19H,1H3. The number of benzene rings is 1. The van der Waals surface area contributed by atoms with Crippen LogP contribution in [0.15, 0.2) is 53.5 Å². The summed E-state index contributed by atoms with van der Waals surface area (Å²) in [5, 5.41) is 12.0. The van der Waals surface area contributed by atoms with Crippen LogP contribution in [0.5, 0.6) is 0 Å². The van der Waals surface area contributed by atoms with Crippen molar-refractivity contribution < 1.29 is 0 Å². The topological polar surface area (TPSA) is 74.5 Å². The summed E-state index contributed by atoms with van der Waals surface area (Å²) in [5.41, 5.74) is 2.50. The van der Waals surface area contributed by atoms with Crippen molar-refractivity contribution in [2.45, 2.75) is 6.92 Å². The first-order chi connectivity index (χ1) is 10.2. The average Bonchev–Trinajstić information content (AvgIpc) is 2.83. The Morgan fingerprint density at radius 3 is 2.71 bits per heavy atom. The van der Waals surface area contributed by atoms with Gasteiger partial charge in [0, 0.05) is 18.0 Å². The highest BCUT2D eigenvalue weighted by Gasteiger charge is 2.14. The van der Waals surface area contributed by atoms with E-state index in [-0.39, 0.29) is 5.56 Å². The highest BCUT2D eigenvalue weighted by Crippen LogP contribution is 2.18. The van der Waals surface area contributed by atoms with Gasteiger partial charge in [0.2, 0.25) is 0 Å². The Bertz CT molecular complexity index is 885. The van der Waals surface area contributed by atoms with Crippen LogP contribution in [-0.2, 0) is 0 Å². The lowest BCUT2D eigenvalue weighted by Gasteiger charge is -2.00. The fourth-order valence-electron chi connectivity index (χ4n) is 2.26. The van der Waals surface area contributed by atoms with E-state index in [0.717, 1.165) is 11.3 Å². The predicted molar refractivity (Wildman–Crippen MR) is 79.1 cm³/mol. The number of aryl methyl sites for hydroxylation is 1. The smallest absolute Gasteiger partial charge is 0.280 e. The summed E-state index contributed by atoms with van der Waals surface area (Å²) >= 11 is 0. The number of aromatic amines is 1. The Kier molecular flexibility index (Phi) is 3.13. The normalized spacial score (nSPS) is 10.3. The molecule has 3 aromatic rings. The molecule has 0 unspecified atom stereocenters. The highest BCUT2D eigenvalue weighted by atomic mass is 16.1. The molecule has 2 aromatic heterocycles. The van der Waals surface area contributed by atoms with Crippen LogP contribution in [0.2, 0.25) is 0 Å². The quantitative estimate of drug-likeness (QED) is 0.781. The molecule has 0 amide bonds. The second-order valence-corrected chi connectivity index (χ2v) is 4.63. The van der Waals surface area contributed by atoms with Gasteiger partial charge in [-0.05, 0) is 18.6 Å². The minimum atomic E-state index is -0.179. The summed E-state index contributed by atoms with van der Waals surface area (Å²) in [6.07, 6.45) is 1.51. The zero-order valence-corrected chi connectivity index (χ0v) is 11.4. The van der Waals surface area contributed by atoms with Crippen LogP contribution in [0.1, 0.15) is 11.3 Å². The van der Waals surface area contributed by atoms with Gasteiger partial charge in [0.1, 0.15) is 0 Å². The van der Waals surface area contributed by atoms with E-state index < -0.39 is 0 Å². The summed E-state index contributed by atoms with van der Waals surface area (Å²) in [6, 6.07) is 14.7. The Morgan fingerprint density at radius 1 is 1.24 bits per heavy atom. The molecule has 0 saturated carbocycles. The van der Waals surface area contributed by atoms with Crippen LogP contribution in [0.3, 0.4) is 0 Å². The maximum Gasteiger partial charge on any atom is 0.280 e. The first-order valence-corrected chi connectivity index (χ1v) is 6.44. The molecule has 0 radical (unpaired) electrons. The molecule has 0 spiro atoms. The molecule has 0 atom stereocenters. The van der Waals surface area contributed by atoms with Gasteiger partial charge in [-0.2, -0.15) is 5.26 Å². The number of nitrogens with zero attached hydrogens (tertiary/aromatic N) is 3. The van der Waals surface area contributed by atoms with Gasteiger partial charge in [0.05, 0.1) is 17.2 Å². The largest absolute Gasteiger partial charge is 0.293 e. The van der Waals surface area contributed by atoms with Gasteiger partial charge in [0.25, 0.3) is 5.56 Å². The van der Waals surface area contributed by atoms with Gasteiger partial charge in [-0.1, -0.05) is 30.3 Å². The molecule has 3 rings (SSSR count). The molecule has 0 aliphatic carbocycles. The summed E-state index contributed by atoms with van der Waals surface area (Å²) in [6.45, 7) is 1.84. The van der Waals surface area contributed by atoms with Crippen LogP contribution in [0.4, 0.5) is 0 Å². The zero-order valence-electron chi connectivity index (χ0n) is 11.4. The van der Waals surface area contributed by atoms with Gasteiger partial charge in [-0.25, -0.2) is 9.67 Å². The maximum atomic E-state index is 12.6. The molecular formula is C16H12N4O. The van der Waals surface area contributed by atoms with Crippen molar-refractivity contribution in [1.82, 2.24) is 14.8 Å². The molecular weight excluding hydrogens is 264 g/mol. The molecule has 1 N–H and O–H groups in total. The Labute approximate surface area is 121 Å². The molecule has 0 bridgehead atoms. The van der Waals surface area contributed by atoms with Crippen molar-refractivity contribution in [2.75, 3.05) is 0 Å². The summed E-state index contributed by atoms with van der Waals surface area (Å²) < 4.78 is 1.36. The van der Waals surface area contributed by atoms with E-state index in [2.05, 4.69) is 10.1 Å². The van der Waals surface area contributed by atoms with Gasteiger partial charge < -0.3 is 0 Å². The van der Waals surface area contributed by atoms with Crippen molar-refractivity contribution in [3.05, 3.63) is 70.3 Å². The van der Waals surface area contributed by atoms with Crippen molar-refractivity contribution in [2.24, 2.45) is 0 Å². The molecule has 2 heterocycles. The lowest BCUT2D eigenvalue weighted by Crippen LogP contribution is -2.16. The monoisotopic (exact) mass is 276 g/mol. The fourth-order valence-corrected chi connectivity index (χ4v) is 2.26. The molecule has 0 fully saturated rings.